The lowest BCUT2D eigenvalue weighted by Gasteiger charge is -2.08. The maximum Gasteiger partial charge on any atom is 0.135 e. The molecule has 0 saturated heterocycles. The number of anilines is 2. The second-order valence-corrected chi connectivity index (χ2v) is 5.59. The number of benzene rings is 1. The van der Waals surface area contributed by atoms with Crippen LogP contribution in [0, 0.1) is 0 Å². The number of aryl methyl sites for hydroxylation is 1. The van der Waals surface area contributed by atoms with Crippen molar-refractivity contribution < 1.29 is 0 Å². The van der Waals surface area contributed by atoms with Crippen molar-refractivity contribution in [1.82, 2.24) is 15.0 Å². The van der Waals surface area contributed by atoms with Crippen molar-refractivity contribution in [3.63, 3.8) is 0 Å². The van der Waals surface area contributed by atoms with Crippen LogP contribution in [0.15, 0.2) is 47.2 Å². The molecule has 106 valence electrons. The normalized spacial score (nSPS) is 10.8. The molecule has 0 atom stereocenters. The van der Waals surface area contributed by atoms with Crippen LogP contribution in [0.1, 0.15) is 19.2 Å². The van der Waals surface area contributed by atoms with Crippen LogP contribution in [0.3, 0.4) is 0 Å². The van der Waals surface area contributed by atoms with E-state index in [1.165, 1.54) is 0 Å². The van der Waals surface area contributed by atoms with E-state index in [0.29, 0.717) is 0 Å². The van der Waals surface area contributed by atoms with Gasteiger partial charge in [-0.3, -0.25) is 4.98 Å². The average molecular weight is 343 g/mol. The summed E-state index contributed by atoms with van der Waals surface area (Å²) in [4.78, 5) is 13.2. The van der Waals surface area contributed by atoms with Crippen LogP contribution in [-0.2, 0) is 6.42 Å². The molecule has 21 heavy (non-hydrogen) atoms. The molecule has 3 rings (SSSR count). The number of halogens is 1. The Kier molecular flexibility index (Phi) is 4.10. The number of nitrogens with zero attached hydrogens (tertiary/aromatic N) is 3. The standard InChI is InChI=1S/C16H15BrN4/c1-2-4-15-20-14(17)10-16(21-15)19-12-6-7-13-11(9-12)5-3-8-18-13/h3,5-10H,2,4H2,1H3,(H,19,20,21). The molecule has 1 N–H and O–H groups in total. The third-order valence-corrected chi connectivity index (χ3v) is 3.50. The topological polar surface area (TPSA) is 50.7 Å². The first-order valence-corrected chi connectivity index (χ1v) is 7.69. The van der Waals surface area contributed by atoms with E-state index in [4.69, 9.17) is 0 Å². The molecule has 0 aliphatic rings. The highest BCUT2D eigenvalue weighted by atomic mass is 79.9. The highest BCUT2D eigenvalue weighted by Gasteiger charge is 2.04. The van der Waals surface area contributed by atoms with Crippen LogP contribution < -0.4 is 5.32 Å². The van der Waals surface area contributed by atoms with Gasteiger partial charge in [0.2, 0.25) is 0 Å². The number of nitrogens with one attached hydrogen (secondary N) is 1. The maximum atomic E-state index is 4.53. The third-order valence-electron chi connectivity index (χ3n) is 3.09. The Morgan fingerprint density at radius 1 is 1.14 bits per heavy atom. The predicted molar refractivity (Wildman–Crippen MR) is 88.8 cm³/mol. The summed E-state index contributed by atoms with van der Waals surface area (Å²) in [5.41, 5.74) is 1.97. The fourth-order valence-electron chi connectivity index (χ4n) is 2.17. The van der Waals surface area contributed by atoms with Crippen LogP contribution in [0.4, 0.5) is 11.5 Å². The molecular weight excluding hydrogens is 328 g/mol. The maximum absolute atomic E-state index is 4.53. The Morgan fingerprint density at radius 3 is 2.90 bits per heavy atom. The summed E-state index contributed by atoms with van der Waals surface area (Å²) >= 11 is 3.44. The van der Waals surface area contributed by atoms with E-state index in [2.05, 4.69) is 49.2 Å². The summed E-state index contributed by atoms with van der Waals surface area (Å²) in [6.45, 7) is 2.12. The second-order valence-electron chi connectivity index (χ2n) is 4.78. The van der Waals surface area contributed by atoms with Gasteiger partial charge in [-0.05, 0) is 46.6 Å². The average Bonchev–Trinajstić information content (AvgIpc) is 2.47. The molecule has 1 aromatic carbocycles. The minimum Gasteiger partial charge on any atom is -0.340 e. The van der Waals surface area contributed by atoms with Crippen molar-refractivity contribution in [3.8, 4) is 0 Å². The highest BCUT2D eigenvalue weighted by molar-refractivity contribution is 9.10. The molecule has 3 aromatic rings. The number of hydrogen-bond donors (Lipinski definition) is 1. The molecule has 0 radical (unpaired) electrons. The fourth-order valence-corrected chi connectivity index (χ4v) is 2.59. The second kappa shape index (κ2) is 6.18. The predicted octanol–water partition coefficient (Wildman–Crippen LogP) is 4.48. The molecule has 0 saturated carbocycles. The summed E-state index contributed by atoms with van der Waals surface area (Å²) in [5, 5.41) is 4.43. The highest BCUT2D eigenvalue weighted by Crippen LogP contribution is 2.22. The molecule has 2 aromatic heterocycles. The van der Waals surface area contributed by atoms with E-state index in [9.17, 15) is 0 Å². The van der Waals surface area contributed by atoms with Gasteiger partial charge >= 0.3 is 0 Å². The zero-order chi connectivity index (χ0) is 14.7. The molecule has 0 spiro atoms. The first kappa shape index (κ1) is 13.9. The van der Waals surface area contributed by atoms with Gasteiger partial charge in [-0.15, -0.1) is 0 Å². The van der Waals surface area contributed by atoms with Gasteiger partial charge in [0.15, 0.2) is 0 Å². The summed E-state index contributed by atoms with van der Waals surface area (Å²) < 4.78 is 0.797. The molecule has 0 aliphatic carbocycles. The van der Waals surface area contributed by atoms with E-state index in [0.717, 1.165) is 45.7 Å². The number of rotatable bonds is 4. The van der Waals surface area contributed by atoms with Crippen molar-refractivity contribution in [2.24, 2.45) is 0 Å². The van der Waals surface area contributed by atoms with Gasteiger partial charge < -0.3 is 5.32 Å². The molecule has 2 heterocycles. The van der Waals surface area contributed by atoms with Gasteiger partial charge in [-0.25, -0.2) is 9.97 Å². The fraction of sp³-hybridized carbons (Fsp3) is 0.188. The van der Waals surface area contributed by atoms with E-state index in [-0.39, 0.29) is 0 Å². The number of pyridine rings is 1. The molecule has 0 unspecified atom stereocenters. The van der Waals surface area contributed by atoms with Crippen molar-refractivity contribution in [1.29, 1.82) is 0 Å². The smallest absolute Gasteiger partial charge is 0.135 e. The van der Waals surface area contributed by atoms with E-state index >= 15 is 0 Å². The first-order valence-electron chi connectivity index (χ1n) is 6.90. The van der Waals surface area contributed by atoms with Gasteiger partial charge in [0.1, 0.15) is 16.2 Å². The summed E-state index contributed by atoms with van der Waals surface area (Å²) in [5.74, 6) is 1.64. The van der Waals surface area contributed by atoms with E-state index in [1.54, 1.807) is 6.20 Å². The van der Waals surface area contributed by atoms with Crippen LogP contribution >= 0.6 is 15.9 Å². The molecule has 0 amide bonds. The largest absolute Gasteiger partial charge is 0.340 e. The Labute approximate surface area is 131 Å². The zero-order valence-corrected chi connectivity index (χ0v) is 13.3. The molecule has 0 aliphatic heterocycles. The Hall–Kier alpha value is -2.01. The lowest BCUT2D eigenvalue weighted by atomic mass is 10.2. The molecule has 4 nitrogen and oxygen atoms in total. The minimum absolute atomic E-state index is 0.795. The Morgan fingerprint density at radius 2 is 2.05 bits per heavy atom. The summed E-state index contributed by atoms with van der Waals surface area (Å²) in [6.07, 6.45) is 3.70. The lowest BCUT2D eigenvalue weighted by molar-refractivity contribution is 0.831. The number of hydrogen-bond acceptors (Lipinski definition) is 4. The van der Waals surface area contributed by atoms with Gasteiger partial charge in [0.25, 0.3) is 0 Å². The van der Waals surface area contributed by atoms with Crippen molar-refractivity contribution in [3.05, 3.63) is 53.0 Å². The van der Waals surface area contributed by atoms with Crippen molar-refractivity contribution in [2.45, 2.75) is 19.8 Å². The molecule has 0 fully saturated rings. The summed E-state index contributed by atoms with van der Waals surface area (Å²) in [6, 6.07) is 11.9. The van der Waals surface area contributed by atoms with Gasteiger partial charge in [-0.1, -0.05) is 13.0 Å². The zero-order valence-electron chi connectivity index (χ0n) is 11.7. The van der Waals surface area contributed by atoms with Crippen LogP contribution in [0.2, 0.25) is 0 Å². The monoisotopic (exact) mass is 342 g/mol. The van der Waals surface area contributed by atoms with Gasteiger partial charge in [-0.2, -0.15) is 0 Å². The molecule has 5 heteroatoms. The number of aromatic nitrogens is 3. The van der Waals surface area contributed by atoms with Gasteiger partial charge in [0.05, 0.1) is 5.52 Å². The minimum atomic E-state index is 0.795. The van der Waals surface area contributed by atoms with Crippen LogP contribution in [0.25, 0.3) is 10.9 Å². The number of fused-ring (bicyclic) bond motifs is 1. The SMILES string of the molecule is CCCc1nc(Br)cc(Nc2ccc3ncccc3c2)n1. The van der Waals surface area contributed by atoms with Gasteiger partial charge in [0, 0.05) is 29.8 Å². The summed E-state index contributed by atoms with van der Waals surface area (Å²) in [7, 11) is 0. The van der Waals surface area contributed by atoms with Crippen molar-refractivity contribution in [2.75, 3.05) is 5.32 Å². The Balaban J connectivity index is 1.90. The Bertz CT molecular complexity index is 773. The first-order chi connectivity index (χ1) is 10.2. The van der Waals surface area contributed by atoms with E-state index < -0.39 is 0 Å². The molecule has 0 bridgehead atoms. The molecular formula is C16H15BrN4. The van der Waals surface area contributed by atoms with Crippen molar-refractivity contribution >= 4 is 38.3 Å². The van der Waals surface area contributed by atoms with Crippen LogP contribution in [0.5, 0.6) is 0 Å². The lowest BCUT2D eigenvalue weighted by Crippen LogP contribution is -2.00. The van der Waals surface area contributed by atoms with E-state index in [1.807, 2.05) is 30.3 Å². The van der Waals surface area contributed by atoms with Crippen LogP contribution in [-0.4, -0.2) is 15.0 Å². The third kappa shape index (κ3) is 3.36. The quantitative estimate of drug-likeness (QED) is 0.710.